The Morgan fingerprint density at radius 1 is 0.969 bits per heavy atom. The van der Waals surface area contributed by atoms with Crippen molar-refractivity contribution in [2.75, 3.05) is 30.1 Å². The second kappa shape index (κ2) is 9.94. The highest BCUT2D eigenvalue weighted by Crippen LogP contribution is 2.30. The first-order valence-corrected chi connectivity index (χ1v) is 13.2. The fraction of sp³-hybridized carbons (Fsp3) is 0.480. The van der Waals surface area contributed by atoms with Gasteiger partial charge in [0.1, 0.15) is 5.75 Å². The Labute approximate surface area is 191 Å². The number of benzene rings is 2. The van der Waals surface area contributed by atoms with Gasteiger partial charge in [-0.15, -0.1) is 0 Å². The molecule has 1 atom stereocenters. The molecule has 2 aliphatic rings. The minimum atomic E-state index is -3.06. The molecule has 0 aromatic heterocycles. The van der Waals surface area contributed by atoms with Gasteiger partial charge < -0.3 is 14.5 Å². The van der Waals surface area contributed by atoms with Gasteiger partial charge >= 0.3 is 0 Å². The van der Waals surface area contributed by atoms with Gasteiger partial charge in [-0.1, -0.05) is 43.2 Å². The largest absolute Gasteiger partial charge is 0.497 e. The predicted octanol–water partition coefficient (Wildman–Crippen LogP) is 3.66. The second-order valence-corrected chi connectivity index (χ2v) is 11.1. The summed E-state index contributed by atoms with van der Waals surface area (Å²) in [6.07, 6.45) is 4.67. The minimum Gasteiger partial charge on any atom is -0.497 e. The van der Waals surface area contributed by atoms with Crippen LogP contribution >= 0.6 is 0 Å². The highest BCUT2D eigenvalue weighted by Gasteiger charge is 2.39. The number of amides is 1. The lowest BCUT2D eigenvalue weighted by atomic mass is 10.1. The third kappa shape index (κ3) is 5.44. The van der Waals surface area contributed by atoms with Crippen LogP contribution in [0, 0.1) is 0 Å². The predicted molar refractivity (Wildman–Crippen MR) is 127 cm³/mol. The maximum atomic E-state index is 13.7. The number of hydrogen-bond acceptors (Lipinski definition) is 5. The van der Waals surface area contributed by atoms with Crippen molar-refractivity contribution in [2.24, 2.45) is 0 Å². The summed E-state index contributed by atoms with van der Waals surface area (Å²) in [6, 6.07) is 17.8. The molecular weight excluding hydrogens is 424 g/mol. The van der Waals surface area contributed by atoms with Gasteiger partial charge in [0.15, 0.2) is 9.84 Å². The fourth-order valence-electron chi connectivity index (χ4n) is 4.96. The van der Waals surface area contributed by atoms with Gasteiger partial charge in [-0.3, -0.25) is 4.79 Å². The van der Waals surface area contributed by atoms with E-state index in [0.29, 0.717) is 13.0 Å². The lowest BCUT2D eigenvalue weighted by Gasteiger charge is -2.36. The van der Waals surface area contributed by atoms with Crippen molar-refractivity contribution in [1.82, 2.24) is 4.90 Å². The molecule has 0 radical (unpaired) electrons. The van der Waals surface area contributed by atoms with Crippen LogP contribution in [0.25, 0.3) is 0 Å². The van der Waals surface area contributed by atoms with Crippen molar-refractivity contribution in [1.29, 1.82) is 0 Å². The topological polar surface area (TPSA) is 66.9 Å². The number of sulfone groups is 1. The maximum Gasteiger partial charge on any atom is 0.242 e. The van der Waals surface area contributed by atoms with E-state index in [1.54, 1.807) is 7.11 Å². The first-order valence-electron chi connectivity index (χ1n) is 11.4. The van der Waals surface area contributed by atoms with E-state index in [1.807, 2.05) is 47.4 Å². The van der Waals surface area contributed by atoms with E-state index >= 15 is 0 Å². The normalized spacial score (nSPS) is 20.2. The summed E-state index contributed by atoms with van der Waals surface area (Å²) < 4.78 is 29.6. The zero-order valence-electron chi connectivity index (χ0n) is 18.7. The molecule has 0 spiro atoms. The van der Waals surface area contributed by atoms with E-state index in [-0.39, 0.29) is 36.0 Å². The first kappa shape index (κ1) is 22.6. The van der Waals surface area contributed by atoms with E-state index in [4.69, 9.17) is 4.74 Å². The van der Waals surface area contributed by atoms with Crippen molar-refractivity contribution in [3.63, 3.8) is 0 Å². The highest BCUT2D eigenvalue weighted by atomic mass is 32.2. The van der Waals surface area contributed by atoms with Crippen LogP contribution in [0.1, 0.15) is 37.7 Å². The third-order valence-electron chi connectivity index (χ3n) is 6.59. The van der Waals surface area contributed by atoms with E-state index in [0.717, 1.165) is 42.7 Å². The molecule has 2 aromatic rings. The summed E-state index contributed by atoms with van der Waals surface area (Å²) in [5.74, 6) is 1.06. The average molecular weight is 457 g/mol. The molecule has 4 rings (SSSR count). The molecule has 2 aromatic carbocycles. The number of methoxy groups -OCH3 is 1. The van der Waals surface area contributed by atoms with Crippen molar-refractivity contribution >= 4 is 21.4 Å². The molecule has 6 nitrogen and oxygen atoms in total. The standard InChI is InChI=1S/C25H32N2O4S/c1-31-24-13-11-21(12-14-24)26(17-20-7-3-2-4-8-20)18-25(28)27(22-9-5-6-10-22)23-15-16-32(29,30)19-23/h2-4,7-8,11-14,22-23H,5-6,9-10,15-19H2,1H3. The van der Waals surface area contributed by atoms with Gasteiger partial charge in [-0.05, 0) is 49.1 Å². The van der Waals surface area contributed by atoms with Gasteiger partial charge in [-0.25, -0.2) is 8.42 Å². The van der Waals surface area contributed by atoms with Gasteiger partial charge in [0.25, 0.3) is 0 Å². The Balaban J connectivity index is 1.58. The summed E-state index contributed by atoms with van der Waals surface area (Å²) in [7, 11) is -1.43. The summed E-state index contributed by atoms with van der Waals surface area (Å²) in [4.78, 5) is 17.7. The maximum absolute atomic E-state index is 13.7. The number of anilines is 1. The number of ether oxygens (including phenoxy) is 1. The van der Waals surface area contributed by atoms with Gasteiger partial charge in [-0.2, -0.15) is 0 Å². The van der Waals surface area contributed by atoms with Crippen LogP contribution in [0.4, 0.5) is 5.69 Å². The lowest BCUT2D eigenvalue weighted by Crippen LogP contribution is -2.50. The van der Waals surface area contributed by atoms with Crippen LogP contribution in [0.15, 0.2) is 54.6 Å². The van der Waals surface area contributed by atoms with E-state index in [9.17, 15) is 13.2 Å². The lowest BCUT2D eigenvalue weighted by molar-refractivity contribution is -0.134. The Morgan fingerprint density at radius 3 is 2.25 bits per heavy atom. The van der Waals surface area contributed by atoms with E-state index in [1.165, 1.54) is 0 Å². The van der Waals surface area contributed by atoms with Crippen LogP contribution in [0.3, 0.4) is 0 Å². The zero-order valence-corrected chi connectivity index (χ0v) is 19.5. The van der Waals surface area contributed by atoms with Crippen LogP contribution in [0.2, 0.25) is 0 Å². The van der Waals surface area contributed by atoms with Crippen LogP contribution < -0.4 is 9.64 Å². The Bertz CT molecular complexity index is 1000. The third-order valence-corrected chi connectivity index (χ3v) is 8.34. The SMILES string of the molecule is COc1ccc(N(CC(=O)N(C2CCCC2)C2CCS(=O)(=O)C2)Cc2ccccc2)cc1. The number of hydrogen-bond donors (Lipinski definition) is 0. The smallest absolute Gasteiger partial charge is 0.242 e. The van der Waals surface area contributed by atoms with Crippen molar-refractivity contribution < 1.29 is 17.9 Å². The fourth-order valence-corrected chi connectivity index (χ4v) is 6.67. The van der Waals surface area contributed by atoms with Crippen LogP contribution in [0.5, 0.6) is 5.75 Å². The molecule has 1 aliphatic heterocycles. The van der Waals surface area contributed by atoms with Crippen LogP contribution in [-0.2, 0) is 21.2 Å². The van der Waals surface area contributed by atoms with Gasteiger partial charge in [0.05, 0.1) is 25.2 Å². The molecule has 1 saturated heterocycles. The Kier molecular flexibility index (Phi) is 7.04. The highest BCUT2D eigenvalue weighted by molar-refractivity contribution is 7.91. The molecule has 1 aliphatic carbocycles. The second-order valence-electron chi connectivity index (χ2n) is 8.84. The first-order chi connectivity index (χ1) is 15.4. The molecule has 32 heavy (non-hydrogen) atoms. The van der Waals surface area contributed by atoms with E-state index < -0.39 is 9.84 Å². The molecule has 7 heteroatoms. The molecule has 1 amide bonds. The van der Waals surface area contributed by atoms with Crippen molar-refractivity contribution in [3.8, 4) is 5.75 Å². The molecule has 1 heterocycles. The molecule has 0 N–H and O–H groups in total. The summed E-state index contributed by atoms with van der Waals surface area (Å²) in [6.45, 7) is 0.814. The van der Waals surface area contributed by atoms with Crippen molar-refractivity contribution in [3.05, 3.63) is 60.2 Å². The Morgan fingerprint density at radius 2 is 1.66 bits per heavy atom. The number of rotatable bonds is 8. The number of nitrogens with zero attached hydrogens (tertiary/aromatic N) is 2. The number of carbonyl (C=O) groups is 1. The molecule has 1 unspecified atom stereocenters. The molecule has 2 fully saturated rings. The molecule has 0 bridgehead atoms. The average Bonchev–Trinajstić information content (AvgIpc) is 3.44. The zero-order chi connectivity index (χ0) is 22.6. The summed E-state index contributed by atoms with van der Waals surface area (Å²) in [5.41, 5.74) is 2.06. The summed E-state index contributed by atoms with van der Waals surface area (Å²) >= 11 is 0. The number of carbonyl (C=O) groups excluding carboxylic acids is 1. The van der Waals surface area contributed by atoms with Crippen molar-refractivity contribution in [2.45, 2.75) is 50.7 Å². The van der Waals surface area contributed by atoms with Gasteiger partial charge in [0, 0.05) is 24.3 Å². The molecule has 1 saturated carbocycles. The molecule has 172 valence electrons. The Hall–Kier alpha value is -2.54. The molecular formula is C25H32N2O4S. The minimum absolute atomic E-state index is 0.0192. The monoisotopic (exact) mass is 456 g/mol. The van der Waals surface area contributed by atoms with E-state index in [2.05, 4.69) is 17.0 Å². The summed E-state index contributed by atoms with van der Waals surface area (Å²) in [5, 5.41) is 0. The van der Waals surface area contributed by atoms with Crippen LogP contribution in [-0.4, -0.2) is 56.5 Å². The van der Waals surface area contributed by atoms with Gasteiger partial charge in [0.2, 0.25) is 5.91 Å². The quantitative estimate of drug-likeness (QED) is 0.607.